The van der Waals surface area contributed by atoms with Crippen LogP contribution in [-0.2, 0) is 19.7 Å². The van der Waals surface area contributed by atoms with Crippen LogP contribution in [0.3, 0.4) is 0 Å². The molecule has 1 heterocycles. The fourth-order valence-corrected chi connectivity index (χ4v) is 5.12. The van der Waals surface area contributed by atoms with Gasteiger partial charge in [0.25, 0.3) is 11.6 Å². The second kappa shape index (κ2) is 10.3. The van der Waals surface area contributed by atoms with Gasteiger partial charge in [0.2, 0.25) is 10.0 Å². The third kappa shape index (κ3) is 5.68. The number of carbonyl (C=O) groups excluding carboxylic acids is 1. The van der Waals surface area contributed by atoms with Gasteiger partial charge in [0, 0.05) is 24.8 Å². The normalized spacial score (nSPS) is 14.9. The van der Waals surface area contributed by atoms with Crippen LogP contribution in [0.15, 0.2) is 52.5 Å². The Morgan fingerprint density at radius 3 is 2.66 bits per heavy atom. The van der Waals surface area contributed by atoms with Gasteiger partial charge in [-0.2, -0.15) is 4.31 Å². The lowest BCUT2D eigenvalue weighted by Gasteiger charge is -2.26. The molecule has 0 spiro atoms. The molecule has 0 saturated carbocycles. The van der Waals surface area contributed by atoms with Crippen molar-refractivity contribution in [3.63, 3.8) is 0 Å². The molecular weight excluding hydrogens is 436 g/mol. The molecule has 170 valence electrons. The van der Waals surface area contributed by atoms with E-state index in [4.69, 9.17) is 4.84 Å². The second-order valence-electron chi connectivity index (χ2n) is 7.32. The van der Waals surface area contributed by atoms with Crippen LogP contribution in [0.25, 0.3) is 0 Å². The number of nitro benzene ring substituents is 1. The molecule has 1 amide bonds. The summed E-state index contributed by atoms with van der Waals surface area (Å²) in [5.74, 6) is -0.546. The van der Waals surface area contributed by atoms with E-state index in [0.717, 1.165) is 25.5 Å². The molecule has 0 aromatic heterocycles. The summed E-state index contributed by atoms with van der Waals surface area (Å²) in [5, 5.41) is 17.2. The molecule has 1 saturated heterocycles. The first-order valence-electron chi connectivity index (χ1n) is 10.1. The maximum absolute atomic E-state index is 13.0. The molecular formula is C21H24N4O6S. The van der Waals surface area contributed by atoms with E-state index >= 15 is 0 Å². The summed E-state index contributed by atoms with van der Waals surface area (Å²) in [6.07, 6.45) is 3.83. The number of nitrogens with zero attached hydrogens (tertiary/aromatic N) is 3. The van der Waals surface area contributed by atoms with Gasteiger partial charge in [0.15, 0.2) is 6.61 Å². The predicted octanol–water partition coefficient (Wildman–Crippen LogP) is 3.07. The number of carbonyl (C=O) groups is 1. The van der Waals surface area contributed by atoms with E-state index in [9.17, 15) is 23.3 Å². The Labute approximate surface area is 186 Å². The molecule has 2 aromatic carbocycles. The Bertz CT molecular complexity index is 1130. The molecule has 1 aliphatic heterocycles. The minimum atomic E-state index is -3.64. The summed E-state index contributed by atoms with van der Waals surface area (Å²) in [5.41, 5.74) is 1.02. The van der Waals surface area contributed by atoms with Gasteiger partial charge in [-0.25, -0.2) is 8.42 Å². The Balaban J connectivity index is 1.62. The van der Waals surface area contributed by atoms with Crippen LogP contribution in [0.2, 0.25) is 0 Å². The summed E-state index contributed by atoms with van der Waals surface area (Å²) in [4.78, 5) is 27.7. The van der Waals surface area contributed by atoms with Crippen molar-refractivity contribution in [2.24, 2.45) is 5.16 Å². The van der Waals surface area contributed by atoms with Crippen molar-refractivity contribution >= 4 is 33.5 Å². The van der Waals surface area contributed by atoms with Gasteiger partial charge in [0.05, 0.1) is 21.6 Å². The summed E-state index contributed by atoms with van der Waals surface area (Å²) in [6, 6.07) is 10.7. The van der Waals surface area contributed by atoms with Crippen LogP contribution >= 0.6 is 0 Å². The molecule has 0 unspecified atom stereocenters. The van der Waals surface area contributed by atoms with Crippen molar-refractivity contribution in [2.45, 2.75) is 31.1 Å². The van der Waals surface area contributed by atoms with Crippen molar-refractivity contribution in [1.29, 1.82) is 0 Å². The maximum atomic E-state index is 13.0. The summed E-state index contributed by atoms with van der Waals surface area (Å²) >= 11 is 0. The largest absolute Gasteiger partial charge is 0.386 e. The van der Waals surface area contributed by atoms with Crippen LogP contribution in [0.4, 0.5) is 11.4 Å². The molecule has 2 aromatic rings. The highest BCUT2D eigenvalue weighted by atomic mass is 32.2. The first kappa shape index (κ1) is 23.4. The maximum Gasteiger partial charge on any atom is 0.278 e. The number of piperidine rings is 1. The average molecular weight is 461 g/mol. The highest BCUT2D eigenvalue weighted by Crippen LogP contribution is 2.26. The first-order chi connectivity index (χ1) is 15.3. The molecule has 32 heavy (non-hydrogen) atoms. The highest BCUT2D eigenvalue weighted by Gasteiger charge is 2.27. The highest BCUT2D eigenvalue weighted by molar-refractivity contribution is 7.89. The van der Waals surface area contributed by atoms with Crippen LogP contribution in [0.1, 0.15) is 30.4 Å². The van der Waals surface area contributed by atoms with Gasteiger partial charge < -0.3 is 10.2 Å². The lowest BCUT2D eigenvalue weighted by atomic mass is 10.2. The van der Waals surface area contributed by atoms with Gasteiger partial charge in [0.1, 0.15) is 0 Å². The van der Waals surface area contributed by atoms with E-state index in [1.807, 2.05) is 0 Å². The van der Waals surface area contributed by atoms with Crippen LogP contribution in [-0.4, -0.2) is 49.5 Å². The van der Waals surface area contributed by atoms with E-state index in [-0.39, 0.29) is 16.1 Å². The third-order valence-corrected chi connectivity index (χ3v) is 7.04. The number of para-hydroxylation sites is 1. The Kier molecular flexibility index (Phi) is 7.54. The fourth-order valence-electron chi connectivity index (χ4n) is 3.35. The average Bonchev–Trinajstić information content (AvgIpc) is 2.78. The van der Waals surface area contributed by atoms with Gasteiger partial charge in [-0.1, -0.05) is 29.8 Å². The molecule has 10 nitrogen and oxygen atoms in total. The summed E-state index contributed by atoms with van der Waals surface area (Å²) in [7, 11) is -3.64. The van der Waals surface area contributed by atoms with Crippen LogP contribution < -0.4 is 5.32 Å². The van der Waals surface area contributed by atoms with E-state index < -0.39 is 27.5 Å². The fraction of sp³-hybridized carbons (Fsp3) is 0.333. The van der Waals surface area contributed by atoms with Crippen LogP contribution in [0, 0.1) is 17.0 Å². The quantitative estimate of drug-likeness (QED) is 0.366. The van der Waals surface area contributed by atoms with Gasteiger partial charge in [-0.15, -0.1) is 0 Å². The smallest absolute Gasteiger partial charge is 0.278 e. The monoisotopic (exact) mass is 460 g/mol. The zero-order valence-electron chi connectivity index (χ0n) is 17.6. The van der Waals surface area contributed by atoms with Gasteiger partial charge >= 0.3 is 0 Å². The lowest BCUT2D eigenvalue weighted by Crippen LogP contribution is -2.36. The van der Waals surface area contributed by atoms with E-state index in [0.29, 0.717) is 24.3 Å². The number of oxime groups is 1. The molecule has 1 aliphatic rings. The second-order valence-corrected chi connectivity index (χ2v) is 9.22. The molecule has 3 rings (SSSR count). The lowest BCUT2D eigenvalue weighted by molar-refractivity contribution is -0.385. The van der Waals surface area contributed by atoms with Crippen molar-refractivity contribution in [3.8, 4) is 0 Å². The summed E-state index contributed by atoms with van der Waals surface area (Å²) < 4.78 is 27.5. The zero-order chi connectivity index (χ0) is 23.1. The Hall–Kier alpha value is -3.31. The van der Waals surface area contributed by atoms with Gasteiger partial charge in [-0.05, 0) is 43.5 Å². The minimum absolute atomic E-state index is 0.133. The molecule has 1 N–H and O–H groups in total. The molecule has 0 aliphatic carbocycles. The van der Waals surface area contributed by atoms with Gasteiger partial charge in [-0.3, -0.25) is 14.9 Å². The number of nitrogens with one attached hydrogen (secondary N) is 1. The number of sulfonamides is 1. The van der Waals surface area contributed by atoms with Crippen molar-refractivity contribution in [3.05, 3.63) is 63.7 Å². The number of benzene rings is 2. The standard InChI is InChI=1S/C21H24N4O6S/c1-16-9-10-18(13-20(16)32(29,30)24-11-5-2-6-12-24)23-21(26)15-31-22-14-17-7-3-4-8-19(17)25(27)28/h3-4,7-10,13-14H,2,5-6,11-12,15H2,1H3,(H,23,26)/b22-14+. The van der Waals surface area contributed by atoms with Crippen molar-refractivity contribution < 1.29 is 23.0 Å². The number of amides is 1. The number of hydrogen-bond donors (Lipinski definition) is 1. The summed E-state index contributed by atoms with van der Waals surface area (Å²) in [6.45, 7) is 2.25. The molecule has 0 bridgehead atoms. The predicted molar refractivity (Wildman–Crippen MR) is 119 cm³/mol. The van der Waals surface area contributed by atoms with Crippen molar-refractivity contribution in [1.82, 2.24) is 4.31 Å². The number of aryl methyl sites for hydroxylation is 1. The third-order valence-electron chi connectivity index (χ3n) is 5.00. The SMILES string of the molecule is Cc1ccc(NC(=O)CO/N=C/c2ccccc2[N+](=O)[O-])cc1S(=O)(=O)N1CCCCC1. The first-order valence-corrected chi connectivity index (χ1v) is 11.5. The van der Waals surface area contributed by atoms with E-state index in [1.54, 1.807) is 25.1 Å². The molecule has 1 fully saturated rings. The minimum Gasteiger partial charge on any atom is -0.386 e. The molecule has 11 heteroatoms. The number of anilines is 1. The van der Waals surface area contributed by atoms with E-state index in [2.05, 4.69) is 10.5 Å². The number of hydrogen-bond acceptors (Lipinski definition) is 7. The number of rotatable bonds is 8. The Morgan fingerprint density at radius 2 is 1.94 bits per heavy atom. The van der Waals surface area contributed by atoms with Crippen LogP contribution in [0.5, 0.6) is 0 Å². The number of nitro groups is 1. The van der Waals surface area contributed by atoms with E-state index in [1.165, 1.54) is 28.6 Å². The zero-order valence-corrected chi connectivity index (χ0v) is 18.4. The molecule has 0 radical (unpaired) electrons. The Morgan fingerprint density at radius 1 is 1.22 bits per heavy atom. The molecule has 0 atom stereocenters. The topological polar surface area (TPSA) is 131 Å². The van der Waals surface area contributed by atoms with Crippen molar-refractivity contribution in [2.75, 3.05) is 25.0 Å².